The van der Waals surface area contributed by atoms with E-state index in [4.69, 9.17) is 9.47 Å². The molecular weight excluding hydrogens is 614 g/mol. The van der Waals surface area contributed by atoms with Gasteiger partial charge in [0.25, 0.3) is 5.91 Å². The molecule has 0 saturated heterocycles. The van der Waals surface area contributed by atoms with E-state index in [0.29, 0.717) is 36.6 Å². The SMILES string of the molecule is CC(C)(C)OC(=O)[C@H](CNC(=O)c1ccc2c(cnn2CCCN(C(=O)OC(C)(C)C)c2ccccn2)c1)NC(=O)Nc1ccccc1. The molecule has 254 valence electrons. The van der Waals surface area contributed by atoms with Gasteiger partial charge in [-0.1, -0.05) is 24.3 Å². The Morgan fingerprint density at radius 2 is 1.60 bits per heavy atom. The predicted octanol–water partition coefficient (Wildman–Crippen LogP) is 5.52. The largest absolute Gasteiger partial charge is 0.458 e. The molecule has 0 fully saturated rings. The van der Waals surface area contributed by atoms with Gasteiger partial charge in [-0.3, -0.25) is 14.4 Å². The summed E-state index contributed by atoms with van der Waals surface area (Å²) in [5, 5.41) is 13.2. The second kappa shape index (κ2) is 15.4. The van der Waals surface area contributed by atoms with Crippen molar-refractivity contribution in [3.8, 4) is 0 Å². The van der Waals surface area contributed by atoms with Crippen molar-refractivity contribution in [3.63, 3.8) is 0 Å². The molecule has 2 heterocycles. The van der Waals surface area contributed by atoms with Gasteiger partial charge in [-0.05, 0) is 90.4 Å². The van der Waals surface area contributed by atoms with Crippen molar-refractivity contribution in [1.82, 2.24) is 25.4 Å². The van der Waals surface area contributed by atoms with Crippen LogP contribution in [0, 0.1) is 0 Å². The number of benzene rings is 2. The van der Waals surface area contributed by atoms with E-state index in [9.17, 15) is 19.2 Å². The van der Waals surface area contributed by atoms with Gasteiger partial charge < -0.3 is 25.4 Å². The zero-order chi connectivity index (χ0) is 34.9. The van der Waals surface area contributed by atoms with E-state index in [1.807, 2.05) is 32.9 Å². The van der Waals surface area contributed by atoms with Gasteiger partial charge in [0.15, 0.2) is 0 Å². The maximum Gasteiger partial charge on any atom is 0.416 e. The molecule has 0 saturated carbocycles. The lowest BCUT2D eigenvalue weighted by atomic mass is 10.1. The Balaban J connectivity index is 1.39. The molecule has 1 atom stereocenters. The maximum atomic E-state index is 13.2. The smallest absolute Gasteiger partial charge is 0.416 e. The van der Waals surface area contributed by atoms with Crippen LogP contribution in [-0.4, -0.2) is 69.1 Å². The van der Waals surface area contributed by atoms with Crippen molar-refractivity contribution in [1.29, 1.82) is 0 Å². The van der Waals surface area contributed by atoms with E-state index in [-0.39, 0.29) is 6.54 Å². The molecule has 0 aliphatic rings. The Labute approximate surface area is 280 Å². The molecule has 0 aliphatic carbocycles. The van der Waals surface area contributed by atoms with Gasteiger partial charge in [-0.15, -0.1) is 0 Å². The van der Waals surface area contributed by atoms with Crippen LogP contribution in [0.15, 0.2) is 79.1 Å². The number of carbonyl (C=O) groups excluding carboxylic acids is 4. The summed E-state index contributed by atoms with van der Waals surface area (Å²) in [6.45, 7) is 11.2. The number of rotatable bonds is 11. The number of nitrogens with one attached hydrogen (secondary N) is 3. The zero-order valence-electron chi connectivity index (χ0n) is 28.1. The van der Waals surface area contributed by atoms with Gasteiger partial charge in [0.05, 0.1) is 11.7 Å². The molecule has 2 aromatic carbocycles. The number of aryl methyl sites for hydroxylation is 1. The standard InChI is InChI=1S/C35H43N7O6/c1-34(2,3)47-31(44)27(40-32(45)39-26-13-8-7-9-14-26)23-37-30(43)24-16-17-28-25(21-24)22-38-42(28)20-12-19-41(29-15-10-11-18-36-29)33(46)48-35(4,5)6/h7-11,13-18,21-22,27H,12,19-20,23H2,1-6H3,(H,37,43)(H2,39,40,45)/t27-/m0/s1. The summed E-state index contributed by atoms with van der Waals surface area (Å²) < 4.78 is 12.9. The zero-order valence-corrected chi connectivity index (χ0v) is 28.1. The van der Waals surface area contributed by atoms with Gasteiger partial charge >= 0.3 is 18.1 Å². The fraction of sp³-hybridized carbons (Fsp3) is 0.371. The molecule has 13 nitrogen and oxygen atoms in total. The Morgan fingerprint density at radius 3 is 2.27 bits per heavy atom. The lowest BCUT2D eigenvalue weighted by Gasteiger charge is -2.26. The average molecular weight is 658 g/mol. The highest BCUT2D eigenvalue weighted by Gasteiger charge is 2.28. The fourth-order valence-electron chi connectivity index (χ4n) is 4.62. The number of anilines is 2. The average Bonchev–Trinajstić information content (AvgIpc) is 3.42. The summed E-state index contributed by atoms with van der Waals surface area (Å²) in [5.74, 6) is -0.628. The van der Waals surface area contributed by atoms with Crippen LogP contribution in [0.3, 0.4) is 0 Å². The van der Waals surface area contributed by atoms with E-state index in [1.165, 1.54) is 4.90 Å². The number of hydrogen-bond acceptors (Lipinski definition) is 8. The second-order valence-electron chi connectivity index (χ2n) is 13.1. The first-order valence-electron chi connectivity index (χ1n) is 15.7. The number of nitrogens with zero attached hydrogens (tertiary/aromatic N) is 4. The van der Waals surface area contributed by atoms with Crippen molar-refractivity contribution in [2.45, 2.75) is 71.8 Å². The van der Waals surface area contributed by atoms with Gasteiger partial charge in [0.2, 0.25) is 0 Å². The maximum absolute atomic E-state index is 13.2. The molecule has 4 aromatic rings. The minimum Gasteiger partial charge on any atom is -0.458 e. The number of ether oxygens (including phenoxy) is 2. The summed E-state index contributed by atoms with van der Waals surface area (Å²) >= 11 is 0. The number of pyridine rings is 1. The minimum absolute atomic E-state index is 0.197. The number of para-hydroxylation sites is 1. The quantitative estimate of drug-likeness (QED) is 0.178. The van der Waals surface area contributed by atoms with E-state index in [0.717, 1.165) is 10.9 Å². The van der Waals surface area contributed by atoms with Crippen LogP contribution in [-0.2, 0) is 20.8 Å². The Kier molecular flexibility index (Phi) is 11.4. The van der Waals surface area contributed by atoms with Crippen molar-refractivity contribution >= 4 is 46.4 Å². The van der Waals surface area contributed by atoms with Gasteiger partial charge in [-0.2, -0.15) is 5.10 Å². The molecule has 4 amide bonds. The van der Waals surface area contributed by atoms with E-state index >= 15 is 0 Å². The van der Waals surface area contributed by atoms with Crippen molar-refractivity contribution in [3.05, 3.63) is 84.7 Å². The molecular formula is C35H43N7O6. The molecule has 0 radical (unpaired) electrons. The van der Waals surface area contributed by atoms with E-state index < -0.39 is 41.2 Å². The third kappa shape index (κ3) is 10.5. The van der Waals surface area contributed by atoms with Crippen LogP contribution < -0.4 is 20.9 Å². The summed E-state index contributed by atoms with van der Waals surface area (Å²) in [5.41, 5.74) is 0.249. The highest BCUT2D eigenvalue weighted by Crippen LogP contribution is 2.19. The van der Waals surface area contributed by atoms with Crippen LogP contribution in [0.25, 0.3) is 10.9 Å². The predicted molar refractivity (Wildman–Crippen MR) is 183 cm³/mol. The number of amides is 4. The molecule has 3 N–H and O–H groups in total. The third-order valence-electron chi connectivity index (χ3n) is 6.69. The Morgan fingerprint density at radius 1 is 0.896 bits per heavy atom. The molecule has 4 rings (SSSR count). The number of urea groups is 1. The molecule has 48 heavy (non-hydrogen) atoms. The monoisotopic (exact) mass is 657 g/mol. The van der Waals surface area contributed by atoms with Crippen molar-refractivity contribution < 1.29 is 28.7 Å². The third-order valence-corrected chi connectivity index (χ3v) is 6.69. The van der Waals surface area contributed by atoms with Crippen LogP contribution in [0.5, 0.6) is 0 Å². The highest BCUT2D eigenvalue weighted by molar-refractivity contribution is 5.98. The summed E-state index contributed by atoms with van der Waals surface area (Å²) in [6, 6.07) is 17.5. The lowest BCUT2D eigenvalue weighted by Crippen LogP contribution is -2.51. The minimum atomic E-state index is -1.14. The number of carbonyl (C=O) groups is 4. The highest BCUT2D eigenvalue weighted by atomic mass is 16.6. The normalized spacial score (nSPS) is 12.1. The Bertz CT molecular complexity index is 1710. The van der Waals surface area contributed by atoms with Crippen molar-refractivity contribution in [2.75, 3.05) is 23.3 Å². The first-order chi connectivity index (χ1) is 22.7. The molecule has 0 aliphatic heterocycles. The van der Waals surface area contributed by atoms with Crippen molar-refractivity contribution in [2.24, 2.45) is 0 Å². The molecule has 0 bridgehead atoms. The molecule has 2 aromatic heterocycles. The lowest BCUT2D eigenvalue weighted by molar-refractivity contribution is -0.156. The molecule has 0 spiro atoms. The van der Waals surface area contributed by atoms with E-state index in [2.05, 4.69) is 26.0 Å². The summed E-state index contributed by atoms with van der Waals surface area (Å²) in [6.07, 6.45) is 3.36. The van der Waals surface area contributed by atoms with Gasteiger partial charge in [0, 0.05) is 42.5 Å². The van der Waals surface area contributed by atoms with Crippen LogP contribution >= 0.6 is 0 Å². The molecule has 13 heteroatoms. The van der Waals surface area contributed by atoms with Gasteiger partial charge in [0.1, 0.15) is 23.1 Å². The first-order valence-corrected chi connectivity index (χ1v) is 15.7. The fourth-order valence-corrected chi connectivity index (χ4v) is 4.62. The van der Waals surface area contributed by atoms with E-state index in [1.54, 1.807) is 92.4 Å². The van der Waals surface area contributed by atoms with Gasteiger partial charge in [-0.25, -0.2) is 19.4 Å². The van der Waals surface area contributed by atoms with Crippen LogP contribution in [0.4, 0.5) is 21.1 Å². The second-order valence-corrected chi connectivity index (χ2v) is 13.1. The topological polar surface area (TPSA) is 157 Å². The number of fused-ring (bicyclic) bond motifs is 1. The first kappa shape index (κ1) is 35.4. The summed E-state index contributed by atoms with van der Waals surface area (Å²) in [4.78, 5) is 57.5. The number of aromatic nitrogens is 3. The number of hydrogen-bond donors (Lipinski definition) is 3. The number of esters is 1. The van der Waals surface area contributed by atoms with Crippen LogP contribution in [0.1, 0.15) is 58.3 Å². The summed E-state index contributed by atoms with van der Waals surface area (Å²) in [7, 11) is 0. The Hall–Kier alpha value is -5.46. The molecule has 0 unspecified atom stereocenters. The van der Waals surface area contributed by atoms with Crippen LogP contribution in [0.2, 0.25) is 0 Å².